The van der Waals surface area contributed by atoms with Crippen LogP contribution in [0.15, 0.2) is 48.5 Å². The highest BCUT2D eigenvalue weighted by Crippen LogP contribution is 2.34. The van der Waals surface area contributed by atoms with E-state index in [-0.39, 0.29) is 12.0 Å². The Kier molecular flexibility index (Phi) is 6.03. The van der Waals surface area contributed by atoms with Crippen LogP contribution in [0.5, 0.6) is 5.75 Å². The number of carbonyl (C=O) groups excluding carboxylic acids is 2. The van der Waals surface area contributed by atoms with Crippen LogP contribution in [0.1, 0.15) is 43.6 Å². The van der Waals surface area contributed by atoms with E-state index < -0.39 is 12.1 Å². The minimum Gasteiger partial charge on any atom is -0.449 e. The SMILES string of the molecule is CCOC(=O)N(C)c1cc(C(C)(C)C)ccc1OC(=O)c1ccccc1. The number of hydrogen-bond acceptors (Lipinski definition) is 4. The molecule has 5 heteroatoms. The lowest BCUT2D eigenvalue weighted by molar-refractivity contribution is 0.0734. The number of esters is 1. The molecule has 0 aliphatic carbocycles. The third-order valence-electron chi connectivity index (χ3n) is 3.94. The van der Waals surface area contributed by atoms with Crippen molar-refractivity contribution in [3.05, 3.63) is 59.7 Å². The number of carbonyl (C=O) groups is 2. The van der Waals surface area contributed by atoms with Crippen molar-refractivity contribution in [1.82, 2.24) is 0 Å². The molecular formula is C21H25NO4. The quantitative estimate of drug-likeness (QED) is 0.584. The second kappa shape index (κ2) is 8.04. The van der Waals surface area contributed by atoms with E-state index in [0.717, 1.165) is 5.56 Å². The Morgan fingerprint density at radius 1 is 1.04 bits per heavy atom. The number of rotatable bonds is 4. The zero-order valence-corrected chi connectivity index (χ0v) is 15.9. The molecule has 0 atom stereocenters. The minimum absolute atomic E-state index is 0.119. The Morgan fingerprint density at radius 3 is 2.27 bits per heavy atom. The molecule has 0 heterocycles. The fourth-order valence-corrected chi connectivity index (χ4v) is 2.38. The molecule has 0 N–H and O–H groups in total. The summed E-state index contributed by atoms with van der Waals surface area (Å²) in [7, 11) is 1.60. The molecule has 0 aliphatic heterocycles. The smallest absolute Gasteiger partial charge is 0.414 e. The Bertz CT molecular complexity index is 778. The fourth-order valence-electron chi connectivity index (χ4n) is 2.38. The van der Waals surface area contributed by atoms with Gasteiger partial charge in [-0.25, -0.2) is 9.59 Å². The van der Waals surface area contributed by atoms with Gasteiger partial charge in [0.05, 0.1) is 17.9 Å². The molecule has 2 aromatic rings. The summed E-state index contributed by atoms with van der Waals surface area (Å²) < 4.78 is 10.6. The molecule has 1 amide bonds. The van der Waals surface area contributed by atoms with Crippen LogP contribution in [0.4, 0.5) is 10.5 Å². The molecule has 2 aromatic carbocycles. The van der Waals surface area contributed by atoms with Crippen molar-refractivity contribution >= 4 is 17.7 Å². The molecule has 0 spiro atoms. The van der Waals surface area contributed by atoms with Crippen LogP contribution in [-0.2, 0) is 10.2 Å². The molecule has 5 nitrogen and oxygen atoms in total. The molecule has 0 radical (unpaired) electrons. The summed E-state index contributed by atoms with van der Waals surface area (Å²) >= 11 is 0. The molecular weight excluding hydrogens is 330 g/mol. The normalized spacial score (nSPS) is 11.0. The molecule has 2 rings (SSSR count). The summed E-state index contributed by atoms with van der Waals surface area (Å²) in [6, 6.07) is 14.2. The summed E-state index contributed by atoms with van der Waals surface area (Å²) in [5.74, 6) is -0.171. The number of amides is 1. The van der Waals surface area contributed by atoms with E-state index in [4.69, 9.17) is 9.47 Å². The molecule has 26 heavy (non-hydrogen) atoms. The average Bonchev–Trinajstić information content (AvgIpc) is 2.61. The first-order valence-electron chi connectivity index (χ1n) is 8.56. The average molecular weight is 355 g/mol. The summed E-state index contributed by atoms with van der Waals surface area (Å²) in [4.78, 5) is 25.9. The molecule has 0 saturated heterocycles. The summed E-state index contributed by atoms with van der Waals surface area (Å²) in [5.41, 5.74) is 1.83. The van der Waals surface area contributed by atoms with E-state index in [1.54, 1.807) is 44.3 Å². The topological polar surface area (TPSA) is 55.8 Å². The van der Waals surface area contributed by atoms with E-state index in [1.807, 2.05) is 18.2 Å². The lowest BCUT2D eigenvalue weighted by atomic mass is 9.86. The van der Waals surface area contributed by atoms with Gasteiger partial charge in [0.2, 0.25) is 0 Å². The first-order valence-corrected chi connectivity index (χ1v) is 8.56. The van der Waals surface area contributed by atoms with Crippen molar-refractivity contribution in [3.63, 3.8) is 0 Å². The van der Waals surface area contributed by atoms with Crippen LogP contribution >= 0.6 is 0 Å². The van der Waals surface area contributed by atoms with Gasteiger partial charge in [0.15, 0.2) is 5.75 Å². The summed E-state index contributed by atoms with van der Waals surface area (Å²) in [6.07, 6.45) is -0.504. The Morgan fingerprint density at radius 2 is 1.69 bits per heavy atom. The monoisotopic (exact) mass is 355 g/mol. The van der Waals surface area contributed by atoms with Gasteiger partial charge in [-0.3, -0.25) is 4.90 Å². The van der Waals surface area contributed by atoms with E-state index in [1.165, 1.54) is 4.90 Å². The number of ether oxygens (including phenoxy) is 2. The van der Waals surface area contributed by atoms with Crippen molar-refractivity contribution in [3.8, 4) is 5.75 Å². The van der Waals surface area contributed by atoms with Crippen LogP contribution in [-0.4, -0.2) is 25.7 Å². The highest BCUT2D eigenvalue weighted by atomic mass is 16.6. The van der Waals surface area contributed by atoms with E-state index in [9.17, 15) is 9.59 Å². The zero-order chi connectivity index (χ0) is 19.3. The van der Waals surface area contributed by atoms with Gasteiger partial charge in [0, 0.05) is 7.05 Å². The molecule has 0 saturated carbocycles. The van der Waals surface area contributed by atoms with Crippen LogP contribution in [0.2, 0.25) is 0 Å². The minimum atomic E-state index is -0.504. The number of nitrogens with zero attached hydrogens (tertiary/aromatic N) is 1. The number of hydrogen-bond donors (Lipinski definition) is 0. The highest BCUT2D eigenvalue weighted by molar-refractivity contribution is 5.94. The molecule has 0 fully saturated rings. The second-order valence-corrected chi connectivity index (χ2v) is 6.95. The summed E-state index contributed by atoms with van der Waals surface area (Å²) in [5, 5.41) is 0. The van der Waals surface area contributed by atoms with Gasteiger partial charge in [-0.05, 0) is 42.2 Å². The van der Waals surface area contributed by atoms with Gasteiger partial charge in [0.25, 0.3) is 0 Å². The Labute approximate surface area is 154 Å². The maximum absolute atomic E-state index is 12.4. The molecule has 0 unspecified atom stereocenters. The maximum Gasteiger partial charge on any atom is 0.414 e. The van der Waals surface area contributed by atoms with Crippen LogP contribution in [0.3, 0.4) is 0 Å². The van der Waals surface area contributed by atoms with Crippen molar-refractivity contribution in [2.24, 2.45) is 0 Å². The second-order valence-electron chi connectivity index (χ2n) is 6.95. The number of benzene rings is 2. The fraction of sp³-hybridized carbons (Fsp3) is 0.333. The van der Waals surface area contributed by atoms with Crippen molar-refractivity contribution < 1.29 is 19.1 Å². The predicted molar refractivity (Wildman–Crippen MR) is 102 cm³/mol. The first-order chi connectivity index (χ1) is 12.2. The highest BCUT2D eigenvalue weighted by Gasteiger charge is 2.22. The van der Waals surface area contributed by atoms with Gasteiger partial charge in [0.1, 0.15) is 0 Å². The third-order valence-corrected chi connectivity index (χ3v) is 3.94. The van der Waals surface area contributed by atoms with Gasteiger partial charge < -0.3 is 9.47 Å². The first kappa shape index (κ1) is 19.5. The standard InChI is InChI=1S/C21H25NO4/c1-6-25-20(24)22(5)17-14-16(21(2,3)4)12-13-18(17)26-19(23)15-10-8-7-9-11-15/h7-14H,6H2,1-5H3. The van der Waals surface area contributed by atoms with E-state index >= 15 is 0 Å². The lowest BCUT2D eigenvalue weighted by Crippen LogP contribution is -2.28. The van der Waals surface area contributed by atoms with Crippen LogP contribution < -0.4 is 9.64 Å². The maximum atomic E-state index is 12.4. The van der Waals surface area contributed by atoms with Crippen LogP contribution in [0, 0.1) is 0 Å². The molecule has 0 bridgehead atoms. The lowest BCUT2D eigenvalue weighted by Gasteiger charge is -2.24. The van der Waals surface area contributed by atoms with Crippen molar-refractivity contribution in [2.45, 2.75) is 33.1 Å². The van der Waals surface area contributed by atoms with Crippen LogP contribution in [0.25, 0.3) is 0 Å². The summed E-state index contributed by atoms with van der Waals surface area (Å²) in [6.45, 7) is 8.24. The molecule has 0 aliphatic rings. The van der Waals surface area contributed by atoms with Crippen molar-refractivity contribution in [2.75, 3.05) is 18.6 Å². The van der Waals surface area contributed by atoms with Gasteiger partial charge >= 0.3 is 12.1 Å². The Hall–Kier alpha value is -2.82. The molecule has 138 valence electrons. The predicted octanol–water partition coefficient (Wildman–Crippen LogP) is 4.80. The van der Waals surface area contributed by atoms with Gasteiger partial charge in [-0.2, -0.15) is 0 Å². The largest absolute Gasteiger partial charge is 0.449 e. The number of anilines is 1. The van der Waals surface area contributed by atoms with E-state index in [2.05, 4.69) is 20.8 Å². The Balaban J connectivity index is 2.41. The molecule has 0 aromatic heterocycles. The van der Waals surface area contributed by atoms with Gasteiger partial charge in [-0.1, -0.05) is 45.0 Å². The van der Waals surface area contributed by atoms with Gasteiger partial charge in [-0.15, -0.1) is 0 Å². The van der Waals surface area contributed by atoms with Crippen molar-refractivity contribution in [1.29, 1.82) is 0 Å². The zero-order valence-electron chi connectivity index (χ0n) is 15.9. The van der Waals surface area contributed by atoms with E-state index in [0.29, 0.717) is 17.0 Å². The third kappa shape index (κ3) is 4.63.